The highest BCUT2D eigenvalue weighted by Gasteiger charge is 2.17. The van der Waals surface area contributed by atoms with E-state index < -0.39 is 10.0 Å². The minimum atomic E-state index is -3.77. The number of rotatable bonds is 3. The number of nitrogens with one attached hydrogen (secondary N) is 1. The van der Waals surface area contributed by atoms with E-state index in [1.54, 1.807) is 43.3 Å². The van der Waals surface area contributed by atoms with Crippen LogP contribution in [0.4, 0.5) is 5.69 Å². The highest BCUT2D eigenvalue weighted by molar-refractivity contribution is 7.92. The van der Waals surface area contributed by atoms with E-state index >= 15 is 0 Å². The van der Waals surface area contributed by atoms with Gasteiger partial charge in [-0.15, -0.1) is 6.42 Å². The van der Waals surface area contributed by atoms with E-state index in [0.29, 0.717) is 22.4 Å². The van der Waals surface area contributed by atoms with Crippen LogP contribution in [0.15, 0.2) is 47.4 Å². The van der Waals surface area contributed by atoms with Gasteiger partial charge in [-0.05, 0) is 42.8 Å². The van der Waals surface area contributed by atoms with Crippen molar-refractivity contribution in [2.75, 3.05) is 4.72 Å². The van der Waals surface area contributed by atoms with E-state index in [1.165, 1.54) is 6.07 Å². The quantitative estimate of drug-likeness (QED) is 0.885. The van der Waals surface area contributed by atoms with Gasteiger partial charge in [0.2, 0.25) is 0 Å². The summed E-state index contributed by atoms with van der Waals surface area (Å²) in [4.78, 5) is 0.0765. The minimum Gasteiger partial charge on any atom is -0.280 e. The van der Waals surface area contributed by atoms with Gasteiger partial charge in [-0.3, -0.25) is 4.72 Å². The van der Waals surface area contributed by atoms with Crippen LogP contribution in [0.5, 0.6) is 0 Å². The summed E-state index contributed by atoms with van der Waals surface area (Å²) in [7, 11) is -3.77. The number of nitrogens with zero attached hydrogens (tertiary/aromatic N) is 1. The van der Waals surface area contributed by atoms with Gasteiger partial charge in [-0.2, -0.15) is 5.26 Å². The summed E-state index contributed by atoms with van der Waals surface area (Å²) in [5.74, 6) is 2.44. The summed E-state index contributed by atoms with van der Waals surface area (Å²) < 4.78 is 27.3. The average Bonchev–Trinajstić information content (AvgIpc) is 2.47. The van der Waals surface area contributed by atoms with Gasteiger partial charge in [0, 0.05) is 5.56 Å². The zero-order valence-electron chi connectivity index (χ0n) is 11.3. The Morgan fingerprint density at radius 1 is 1.14 bits per heavy atom. The maximum absolute atomic E-state index is 12.4. The number of benzene rings is 2. The standard InChI is InChI=1S/C16H12N2O2S/c1-3-13-5-4-6-15(9-13)18-21(19,20)16-10-14(11-17)8-7-12(16)2/h1,4-10,18H,2H3. The number of aryl methyl sites for hydroxylation is 1. The van der Waals surface area contributed by atoms with E-state index in [2.05, 4.69) is 10.6 Å². The first-order chi connectivity index (χ1) is 9.96. The van der Waals surface area contributed by atoms with Gasteiger partial charge in [-0.1, -0.05) is 18.1 Å². The van der Waals surface area contributed by atoms with Gasteiger partial charge in [0.1, 0.15) is 0 Å². The molecule has 0 saturated carbocycles. The molecule has 0 amide bonds. The van der Waals surface area contributed by atoms with Crippen LogP contribution in [0.2, 0.25) is 0 Å². The third-order valence-electron chi connectivity index (χ3n) is 2.89. The molecule has 2 rings (SSSR count). The van der Waals surface area contributed by atoms with Crippen LogP contribution in [0.1, 0.15) is 16.7 Å². The Kier molecular flexibility index (Phi) is 3.98. The summed E-state index contributed by atoms with van der Waals surface area (Å²) in [5.41, 5.74) is 1.82. The van der Waals surface area contributed by atoms with E-state index in [-0.39, 0.29) is 4.90 Å². The van der Waals surface area contributed by atoms with Crippen LogP contribution in [0.3, 0.4) is 0 Å². The third-order valence-corrected chi connectivity index (χ3v) is 4.41. The topological polar surface area (TPSA) is 70.0 Å². The lowest BCUT2D eigenvalue weighted by Gasteiger charge is -2.11. The van der Waals surface area contributed by atoms with Crippen molar-refractivity contribution in [1.82, 2.24) is 0 Å². The highest BCUT2D eigenvalue weighted by atomic mass is 32.2. The van der Waals surface area contributed by atoms with E-state index in [4.69, 9.17) is 11.7 Å². The van der Waals surface area contributed by atoms with Crippen molar-refractivity contribution in [3.05, 3.63) is 59.2 Å². The van der Waals surface area contributed by atoms with Gasteiger partial charge >= 0.3 is 0 Å². The first kappa shape index (κ1) is 14.6. The molecule has 0 aliphatic heterocycles. The third kappa shape index (κ3) is 3.22. The van der Waals surface area contributed by atoms with Crippen LogP contribution < -0.4 is 4.72 Å². The summed E-state index contributed by atoms with van der Waals surface area (Å²) >= 11 is 0. The van der Waals surface area contributed by atoms with Gasteiger partial charge < -0.3 is 0 Å². The molecule has 0 aromatic heterocycles. The molecular weight excluding hydrogens is 284 g/mol. The number of hydrogen-bond acceptors (Lipinski definition) is 3. The molecule has 2 aromatic rings. The monoisotopic (exact) mass is 296 g/mol. The predicted octanol–water partition coefficient (Wildman–Crippen LogP) is 2.65. The Hall–Kier alpha value is -2.76. The van der Waals surface area contributed by atoms with Gasteiger partial charge in [0.25, 0.3) is 10.0 Å². The maximum Gasteiger partial charge on any atom is 0.262 e. The van der Waals surface area contributed by atoms with Crippen LogP contribution in [0.25, 0.3) is 0 Å². The molecule has 0 aliphatic rings. The molecule has 0 aliphatic carbocycles. The van der Waals surface area contributed by atoms with Crippen molar-refractivity contribution in [2.45, 2.75) is 11.8 Å². The average molecular weight is 296 g/mol. The lowest BCUT2D eigenvalue weighted by Crippen LogP contribution is -2.14. The second-order valence-electron chi connectivity index (χ2n) is 4.42. The molecule has 0 spiro atoms. The predicted molar refractivity (Wildman–Crippen MR) is 81.1 cm³/mol. The van der Waals surface area contributed by atoms with E-state index in [9.17, 15) is 8.42 Å². The molecule has 0 unspecified atom stereocenters. The first-order valence-electron chi connectivity index (χ1n) is 6.06. The zero-order valence-corrected chi connectivity index (χ0v) is 12.1. The molecule has 2 aromatic carbocycles. The lowest BCUT2D eigenvalue weighted by atomic mass is 10.2. The molecule has 21 heavy (non-hydrogen) atoms. The molecular formula is C16H12N2O2S. The smallest absolute Gasteiger partial charge is 0.262 e. The van der Waals surface area contributed by atoms with Crippen molar-refractivity contribution < 1.29 is 8.42 Å². The molecule has 0 atom stereocenters. The normalized spacial score (nSPS) is 10.4. The summed E-state index contributed by atoms with van der Waals surface area (Å²) in [6, 6.07) is 13.0. The number of hydrogen-bond donors (Lipinski definition) is 1. The van der Waals surface area contributed by atoms with Crippen molar-refractivity contribution in [3.8, 4) is 18.4 Å². The molecule has 104 valence electrons. The maximum atomic E-state index is 12.4. The largest absolute Gasteiger partial charge is 0.280 e. The van der Waals surface area contributed by atoms with Crippen LogP contribution in [0, 0.1) is 30.6 Å². The summed E-state index contributed by atoms with van der Waals surface area (Å²) in [6.45, 7) is 1.67. The fourth-order valence-electron chi connectivity index (χ4n) is 1.84. The Balaban J connectivity index is 2.44. The van der Waals surface area contributed by atoms with Crippen LogP contribution in [-0.2, 0) is 10.0 Å². The Bertz CT molecular complexity index is 872. The molecule has 4 nitrogen and oxygen atoms in total. The fourth-order valence-corrected chi connectivity index (χ4v) is 3.16. The highest BCUT2D eigenvalue weighted by Crippen LogP contribution is 2.21. The SMILES string of the molecule is C#Cc1cccc(NS(=O)(=O)c2cc(C#N)ccc2C)c1. The molecule has 0 heterocycles. The van der Waals surface area contributed by atoms with E-state index in [1.807, 2.05) is 6.07 Å². The Morgan fingerprint density at radius 2 is 1.90 bits per heavy atom. The molecule has 0 fully saturated rings. The second-order valence-corrected chi connectivity index (χ2v) is 6.07. The summed E-state index contributed by atoms with van der Waals surface area (Å²) in [6.07, 6.45) is 5.29. The molecule has 1 N–H and O–H groups in total. The second kappa shape index (κ2) is 5.70. The Labute approximate surface area is 124 Å². The zero-order chi connectivity index (χ0) is 15.5. The van der Waals surface area contributed by atoms with Crippen LogP contribution in [-0.4, -0.2) is 8.42 Å². The molecule has 0 radical (unpaired) electrons. The minimum absolute atomic E-state index is 0.0765. The van der Waals surface area contributed by atoms with Gasteiger partial charge in [-0.25, -0.2) is 8.42 Å². The molecule has 5 heteroatoms. The Morgan fingerprint density at radius 3 is 2.57 bits per heavy atom. The number of anilines is 1. The fraction of sp³-hybridized carbons (Fsp3) is 0.0625. The van der Waals surface area contributed by atoms with E-state index in [0.717, 1.165) is 0 Å². The number of nitriles is 1. The number of sulfonamides is 1. The van der Waals surface area contributed by atoms with Crippen molar-refractivity contribution in [1.29, 1.82) is 5.26 Å². The van der Waals surface area contributed by atoms with Crippen molar-refractivity contribution >= 4 is 15.7 Å². The van der Waals surface area contributed by atoms with Gasteiger partial charge in [0.05, 0.1) is 22.2 Å². The lowest BCUT2D eigenvalue weighted by molar-refractivity contribution is 0.600. The van der Waals surface area contributed by atoms with Gasteiger partial charge in [0.15, 0.2) is 0 Å². The van der Waals surface area contributed by atoms with Crippen molar-refractivity contribution in [2.24, 2.45) is 0 Å². The number of terminal acetylenes is 1. The summed E-state index contributed by atoms with van der Waals surface area (Å²) in [5, 5.41) is 8.89. The van der Waals surface area contributed by atoms with Crippen molar-refractivity contribution in [3.63, 3.8) is 0 Å². The van der Waals surface area contributed by atoms with Crippen LogP contribution >= 0.6 is 0 Å². The first-order valence-corrected chi connectivity index (χ1v) is 7.55. The molecule has 0 saturated heterocycles. The molecule has 0 bridgehead atoms.